The van der Waals surface area contributed by atoms with Crippen molar-refractivity contribution in [2.75, 3.05) is 0 Å². The highest BCUT2D eigenvalue weighted by molar-refractivity contribution is 9.10. The molecule has 0 aromatic heterocycles. The maximum absolute atomic E-state index is 3.54. The molecule has 1 aromatic rings. The summed E-state index contributed by atoms with van der Waals surface area (Å²) >= 11 is 3.54. The van der Waals surface area contributed by atoms with Crippen molar-refractivity contribution in [2.45, 2.75) is 26.7 Å². The van der Waals surface area contributed by atoms with Crippen molar-refractivity contribution in [3.8, 4) is 11.8 Å². The molecule has 0 aliphatic heterocycles. The molecule has 0 spiro atoms. The minimum Gasteiger partial charge on any atom is -0.103 e. The van der Waals surface area contributed by atoms with Crippen LogP contribution in [0.3, 0.4) is 0 Å². The first-order chi connectivity index (χ1) is 6.74. The summed E-state index contributed by atoms with van der Waals surface area (Å²) in [6.07, 6.45) is 1.97. The van der Waals surface area contributed by atoms with Gasteiger partial charge in [0.05, 0.1) is 0 Å². The van der Waals surface area contributed by atoms with E-state index >= 15 is 0 Å². The van der Waals surface area contributed by atoms with Gasteiger partial charge in [-0.2, -0.15) is 0 Å². The van der Waals surface area contributed by atoms with Gasteiger partial charge in [-0.15, -0.1) is 5.92 Å². The second kappa shape index (κ2) is 5.88. The summed E-state index contributed by atoms with van der Waals surface area (Å²) in [5.41, 5.74) is 1.34. The van der Waals surface area contributed by atoms with Crippen LogP contribution in [0.4, 0.5) is 0 Å². The van der Waals surface area contributed by atoms with Gasteiger partial charge in [0.15, 0.2) is 0 Å². The lowest BCUT2D eigenvalue weighted by Crippen LogP contribution is -1.97. The number of halogens is 1. The minimum absolute atomic E-state index is 0.439. The van der Waals surface area contributed by atoms with E-state index in [-0.39, 0.29) is 0 Å². The molecular weight excluding hydrogens is 236 g/mol. The average Bonchev–Trinajstić information content (AvgIpc) is 2.18. The van der Waals surface area contributed by atoms with E-state index in [0.29, 0.717) is 5.92 Å². The lowest BCUT2D eigenvalue weighted by atomic mass is 10.0. The van der Waals surface area contributed by atoms with Crippen LogP contribution < -0.4 is 0 Å². The number of hydrogen-bond acceptors (Lipinski definition) is 0. The van der Waals surface area contributed by atoms with Crippen LogP contribution in [0.1, 0.15) is 25.8 Å². The summed E-state index contributed by atoms with van der Waals surface area (Å²) in [5, 5.41) is 0. The van der Waals surface area contributed by atoms with Crippen LogP contribution in [0.15, 0.2) is 28.7 Å². The van der Waals surface area contributed by atoms with Crippen LogP contribution in [0.25, 0.3) is 0 Å². The van der Waals surface area contributed by atoms with Crippen molar-refractivity contribution in [2.24, 2.45) is 5.92 Å². The summed E-state index contributed by atoms with van der Waals surface area (Å²) < 4.78 is 1.19. The third-order valence-corrected chi connectivity index (χ3v) is 2.78. The van der Waals surface area contributed by atoms with Gasteiger partial charge in [-0.1, -0.05) is 53.9 Å². The molecule has 1 heteroatoms. The summed E-state index contributed by atoms with van der Waals surface area (Å²) in [7, 11) is 0. The Morgan fingerprint density at radius 1 is 1.36 bits per heavy atom. The van der Waals surface area contributed by atoms with Gasteiger partial charge in [0.25, 0.3) is 0 Å². The lowest BCUT2D eigenvalue weighted by Gasteiger charge is -2.06. The van der Waals surface area contributed by atoms with Crippen molar-refractivity contribution in [3.63, 3.8) is 0 Å². The Bertz CT molecular complexity index is 344. The van der Waals surface area contributed by atoms with Crippen LogP contribution in [-0.2, 0) is 6.42 Å². The highest BCUT2D eigenvalue weighted by Crippen LogP contribution is 2.18. The summed E-state index contributed by atoms with van der Waals surface area (Å²) in [6.45, 7) is 4.25. The van der Waals surface area contributed by atoms with Gasteiger partial charge in [-0.05, 0) is 18.1 Å². The first kappa shape index (κ1) is 11.3. The monoisotopic (exact) mass is 250 g/mol. The van der Waals surface area contributed by atoms with Crippen molar-refractivity contribution in [3.05, 3.63) is 34.3 Å². The molecule has 0 aliphatic carbocycles. The predicted octanol–water partition coefficient (Wildman–Crippen LogP) is 4.04. The second-order valence-corrected chi connectivity index (χ2v) is 4.23. The van der Waals surface area contributed by atoms with E-state index in [4.69, 9.17) is 0 Å². The molecule has 0 radical (unpaired) electrons. The van der Waals surface area contributed by atoms with Crippen molar-refractivity contribution in [1.82, 2.24) is 0 Å². The molecule has 0 saturated heterocycles. The molecule has 1 unspecified atom stereocenters. The Morgan fingerprint density at radius 2 is 2.07 bits per heavy atom. The van der Waals surface area contributed by atoms with Crippen LogP contribution in [0, 0.1) is 17.8 Å². The largest absolute Gasteiger partial charge is 0.103 e. The summed E-state index contributed by atoms with van der Waals surface area (Å²) in [5.74, 6) is 6.80. The Balaban J connectivity index is 2.65. The van der Waals surface area contributed by atoms with Crippen LogP contribution in [0.2, 0.25) is 0 Å². The second-order valence-electron chi connectivity index (χ2n) is 3.37. The van der Waals surface area contributed by atoms with E-state index in [0.717, 1.165) is 12.8 Å². The molecule has 0 aliphatic rings. The van der Waals surface area contributed by atoms with Gasteiger partial charge in [0, 0.05) is 16.8 Å². The normalized spacial score (nSPS) is 11.6. The highest BCUT2D eigenvalue weighted by Gasteiger charge is 2.02. The van der Waals surface area contributed by atoms with Crippen molar-refractivity contribution < 1.29 is 0 Å². The maximum Gasteiger partial charge on any atom is 0.0215 e. The SMILES string of the molecule is CCC#CC(C)Cc1ccccc1Br. The Hall–Kier alpha value is -0.740. The first-order valence-electron chi connectivity index (χ1n) is 4.95. The number of rotatable bonds is 2. The molecule has 0 heterocycles. The fourth-order valence-electron chi connectivity index (χ4n) is 1.32. The predicted molar refractivity (Wildman–Crippen MR) is 65.1 cm³/mol. The van der Waals surface area contributed by atoms with Gasteiger partial charge < -0.3 is 0 Å². The van der Waals surface area contributed by atoms with Gasteiger partial charge in [-0.3, -0.25) is 0 Å². The van der Waals surface area contributed by atoms with E-state index in [1.807, 2.05) is 6.07 Å². The van der Waals surface area contributed by atoms with Crippen LogP contribution in [-0.4, -0.2) is 0 Å². The average molecular weight is 251 g/mol. The smallest absolute Gasteiger partial charge is 0.0215 e. The molecule has 0 bridgehead atoms. The molecule has 0 N–H and O–H groups in total. The Labute approximate surface area is 94.9 Å². The quantitative estimate of drug-likeness (QED) is 0.696. The Kier molecular flexibility index (Phi) is 4.76. The minimum atomic E-state index is 0.439. The van der Waals surface area contributed by atoms with E-state index in [9.17, 15) is 0 Å². The van der Waals surface area contributed by atoms with Gasteiger partial charge in [-0.25, -0.2) is 0 Å². The topological polar surface area (TPSA) is 0 Å². The molecular formula is C13H15Br. The van der Waals surface area contributed by atoms with Gasteiger partial charge in [0.1, 0.15) is 0 Å². The molecule has 14 heavy (non-hydrogen) atoms. The number of hydrogen-bond donors (Lipinski definition) is 0. The zero-order valence-corrected chi connectivity index (χ0v) is 10.3. The summed E-state index contributed by atoms with van der Waals surface area (Å²) in [6, 6.07) is 8.33. The zero-order valence-electron chi connectivity index (χ0n) is 8.68. The molecule has 1 rings (SSSR count). The third kappa shape index (κ3) is 3.55. The maximum atomic E-state index is 3.54. The van der Waals surface area contributed by atoms with E-state index in [1.54, 1.807) is 0 Å². The fourth-order valence-corrected chi connectivity index (χ4v) is 1.77. The summed E-state index contributed by atoms with van der Waals surface area (Å²) in [4.78, 5) is 0. The van der Waals surface area contributed by atoms with Crippen molar-refractivity contribution >= 4 is 15.9 Å². The van der Waals surface area contributed by atoms with Gasteiger partial charge in [0.2, 0.25) is 0 Å². The van der Waals surface area contributed by atoms with E-state index in [2.05, 4.69) is 59.8 Å². The molecule has 74 valence electrons. The third-order valence-electron chi connectivity index (χ3n) is 2.01. The van der Waals surface area contributed by atoms with E-state index in [1.165, 1.54) is 10.0 Å². The van der Waals surface area contributed by atoms with Crippen LogP contribution >= 0.6 is 15.9 Å². The van der Waals surface area contributed by atoms with Gasteiger partial charge >= 0.3 is 0 Å². The Morgan fingerprint density at radius 3 is 2.71 bits per heavy atom. The molecule has 0 nitrogen and oxygen atoms in total. The highest BCUT2D eigenvalue weighted by atomic mass is 79.9. The van der Waals surface area contributed by atoms with Crippen molar-refractivity contribution in [1.29, 1.82) is 0 Å². The molecule has 1 atom stereocenters. The fraction of sp³-hybridized carbons (Fsp3) is 0.385. The zero-order chi connectivity index (χ0) is 10.4. The standard InChI is InChI=1S/C13H15Br/c1-3-4-7-11(2)10-12-8-5-6-9-13(12)14/h5-6,8-9,11H,3,10H2,1-2H3. The molecule has 0 amide bonds. The van der Waals surface area contributed by atoms with Crippen LogP contribution in [0.5, 0.6) is 0 Å². The molecule has 0 fully saturated rings. The van der Waals surface area contributed by atoms with E-state index < -0.39 is 0 Å². The first-order valence-corrected chi connectivity index (χ1v) is 5.75. The number of benzene rings is 1. The molecule has 0 saturated carbocycles. The lowest BCUT2D eigenvalue weighted by molar-refractivity contribution is 0.747. The molecule has 1 aromatic carbocycles.